The molecule has 2 fully saturated rings. The summed E-state index contributed by atoms with van der Waals surface area (Å²) in [5.74, 6) is -0.0358. The van der Waals surface area contributed by atoms with Crippen molar-refractivity contribution in [3.05, 3.63) is 76.0 Å². The molecule has 1 saturated carbocycles. The van der Waals surface area contributed by atoms with Gasteiger partial charge in [0.05, 0.1) is 12.5 Å². The van der Waals surface area contributed by atoms with E-state index in [-0.39, 0.29) is 42.4 Å². The standard InChI is InChI=1S/C38H49N3O5S/c1-38(2,3)46-37(44)40-17-15-32(27-10-7-9-26(19-27)28-20-31(24-42)47-25-28)34(23-40)36(43)41(30-13-14-30)22-29-21-39(16-8-18-45-4)35-12-6-5-11-33(29)35/h5-7,9-12,19-20,25,29-30,32,34,42H,8,13-18,21-24H2,1-4H3/t29?,32-,34+/m1/s1. The molecule has 1 unspecified atom stereocenters. The first-order valence-corrected chi connectivity index (χ1v) is 17.9. The van der Waals surface area contributed by atoms with Crippen molar-refractivity contribution in [2.45, 2.75) is 76.5 Å². The van der Waals surface area contributed by atoms with Crippen LogP contribution < -0.4 is 4.90 Å². The van der Waals surface area contributed by atoms with Gasteiger partial charge in [0.2, 0.25) is 5.91 Å². The van der Waals surface area contributed by atoms with Crippen LogP contribution in [0.15, 0.2) is 60.0 Å². The third-order valence-corrected chi connectivity index (χ3v) is 10.6. The molecular weight excluding hydrogens is 611 g/mol. The summed E-state index contributed by atoms with van der Waals surface area (Å²) in [6, 6.07) is 19.4. The highest BCUT2D eigenvalue weighted by molar-refractivity contribution is 7.10. The molecule has 8 nitrogen and oxygen atoms in total. The third kappa shape index (κ3) is 7.85. The number of rotatable bonds is 11. The molecular formula is C38H49N3O5S. The van der Waals surface area contributed by atoms with Gasteiger partial charge in [0.15, 0.2) is 0 Å². The fraction of sp³-hybridized carbons (Fsp3) is 0.526. The maximum atomic E-state index is 14.9. The maximum Gasteiger partial charge on any atom is 0.410 e. The zero-order valence-corrected chi connectivity index (χ0v) is 29.0. The molecule has 9 heteroatoms. The van der Waals surface area contributed by atoms with E-state index in [1.54, 1.807) is 23.3 Å². The number of amides is 2. The van der Waals surface area contributed by atoms with Crippen molar-refractivity contribution >= 4 is 29.0 Å². The molecule has 1 aliphatic carbocycles. The normalized spacial score (nSPS) is 21.1. The van der Waals surface area contributed by atoms with E-state index in [0.29, 0.717) is 26.1 Å². The van der Waals surface area contributed by atoms with Crippen LogP contribution >= 0.6 is 11.3 Å². The average Bonchev–Trinajstić information content (AvgIpc) is 3.68. The van der Waals surface area contributed by atoms with Gasteiger partial charge < -0.3 is 29.3 Å². The number of carbonyl (C=O) groups is 2. The topological polar surface area (TPSA) is 82.6 Å². The fourth-order valence-electron chi connectivity index (χ4n) is 7.26. The number of likely N-dealkylation sites (tertiary alicyclic amines) is 1. The molecule has 2 aromatic carbocycles. The number of anilines is 1. The lowest BCUT2D eigenvalue weighted by Crippen LogP contribution is -2.51. The fourth-order valence-corrected chi connectivity index (χ4v) is 8.02. The number of fused-ring (bicyclic) bond motifs is 1. The lowest BCUT2D eigenvalue weighted by atomic mass is 9.78. The van der Waals surface area contributed by atoms with E-state index in [9.17, 15) is 14.7 Å². The molecule has 3 aromatic rings. The molecule has 3 atom stereocenters. The number of carbonyl (C=O) groups excluding carboxylic acids is 2. The number of para-hydroxylation sites is 1. The second kappa shape index (κ2) is 14.4. The molecule has 1 N–H and O–H groups in total. The van der Waals surface area contributed by atoms with Crippen molar-refractivity contribution in [2.24, 2.45) is 5.92 Å². The third-order valence-electron chi connectivity index (χ3n) is 9.66. The van der Waals surface area contributed by atoms with Gasteiger partial charge in [-0.15, -0.1) is 11.3 Å². The van der Waals surface area contributed by atoms with Crippen molar-refractivity contribution in [3.8, 4) is 11.1 Å². The summed E-state index contributed by atoms with van der Waals surface area (Å²) < 4.78 is 11.1. The Morgan fingerprint density at radius 3 is 2.55 bits per heavy atom. The summed E-state index contributed by atoms with van der Waals surface area (Å²) in [7, 11) is 1.74. The molecule has 6 rings (SSSR count). The minimum absolute atomic E-state index is 0.0252. The Bertz CT molecular complexity index is 1550. The van der Waals surface area contributed by atoms with E-state index in [0.717, 1.165) is 60.5 Å². The molecule has 252 valence electrons. The zero-order chi connectivity index (χ0) is 33.1. The molecule has 2 aliphatic heterocycles. The Morgan fingerprint density at radius 1 is 1.02 bits per heavy atom. The van der Waals surface area contributed by atoms with Crippen molar-refractivity contribution < 1.29 is 24.2 Å². The van der Waals surface area contributed by atoms with E-state index in [2.05, 4.69) is 63.7 Å². The van der Waals surface area contributed by atoms with E-state index in [1.807, 2.05) is 26.8 Å². The molecule has 1 aromatic heterocycles. The van der Waals surface area contributed by atoms with Gasteiger partial charge in [0, 0.05) is 69.0 Å². The predicted octanol–water partition coefficient (Wildman–Crippen LogP) is 6.88. The molecule has 1 saturated heterocycles. The van der Waals surface area contributed by atoms with Gasteiger partial charge >= 0.3 is 6.09 Å². The molecule has 2 amide bonds. The minimum atomic E-state index is -0.610. The van der Waals surface area contributed by atoms with Crippen LogP contribution in [0.3, 0.4) is 0 Å². The van der Waals surface area contributed by atoms with Gasteiger partial charge in [-0.1, -0.05) is 42.5 Å². The second-order valence-electron chi connectivity index (χ2n) is 14.3. The van der Waals surface area contributed by atoms with Crippen LogP contribution in [0.5, 0.6) is 0 Å². The Labute approximate surface area is 283 Å². The summed E-state index contributed by atoms with van der Waals surface area (Å²) in [4.78, 5) is 35.5. The Hall–Kier alpha value is -3.40. The van der Waals surface area contributed by atoms with Gasteiger partial charge in [-0.2, -0.15) is 0 Å². The number of nitrogens with zero attached hydrogens (tertiary/aromatic N) is 3. The van der Waals surface area contributed by atoms with Crippen LogP contribution in [-0.4, -0.2) is 85.0 Å². The number of hydrogen-bond acceptors (Lipinski definition) is 7. The maximum absolute atomic E-state index is 14.9. The van der Waals surface area contributed by atoms with Crippen molar-refractivity contribution in [2.75, 3.05) is 51.3 Å². The number of hydrogen-bond donors (Lipinski definition) is 1. The highest BCUT2D eigenvalue weighted by atomic mass is 32.1. The summed E-state index contributed by atoms with van der Waals surface area (Å²) in [6.07, 6.45) is 3.32. The first-order valence-electron chi connectivity index (χ1n) is 17.0. The summed E-state index contributed by atoms with van der Waals surface area (Å²) in [5.41, 5.74) is 5.23. The van der Waals surface area contributed by atoms with E-state index in [1.165, 1.54) is 11.3 Å². The lowest BCUT2D eigenvalue weighted by molar-refractivity contribution is -0.138. The molecule has 0 radical (unpaired) electrons. The van der Waals surface area contributed by atoms with Gasteiger partial charge in [0.1, 0.15) is 5.60 Å². The first kappa shape index (κ1) is 33.5. The molecule has 47 heavy (non-hydrogen) atoms. The van der Waals surface area contributed by atoms with Crippen molar-refractivity contribution in [1.82, 2.24) is 9.80 Å². The van der Waals surface area contributed by atoms with Crippen LogP contribution in [-0.2, 0) is 20.9 Å². The van der Waals surface area contributed by atoms with Gasteiger partial charge in [0.25, 0.3) is 0 Å². The van der Waals surface area contributed by atoms with Crippen LogP contribution in [0, 0.1) is 5.92 Å². The van der Waals surface area contributed by atoms with E-state index >= 15 is 0 Å². The average molecular weight is 660 g/mol. The smallest absolute Gasteiger partial charge is 0.410 e. The van der Waals surface area contributed by atoms with Gasteiger partial charge in [-0.05, 0) is 92.1 Å². The largest absolute Gasteiger partial charge is 0.444 e. The number of ether oxygens (including phenoxy) is 2. The monoisotopic (exact) mass is 659 g/mol. The van der Waals surface area contributed by atoms with E-state index < -0.39 is 5.60 Å². The Kier molecular flexibility index (Phi) is 10.2. The zero-order valence-electron chi connectivity index (χ0n) is 28.2. The minimum Gasteiger partial charge on any atom is -0.444 e. The van der Waals surface area contributed by atoms with Crippen LogP contribution in [0.2, 0.25) is 0 Å². The summed E-state index contributed by atoms with van der Waals surface area (Å²) in [5, 5.41) is 11.7. The number of thiophene rings is 1. The van der Waals surface area contributed by atoms with Gasteiger partial charge in [-0.3, -0.25) is 4.79 Å². The van der Waals surface area contributed by atoms with E-state index in [4.69, 9.17) is 9.47 Å². The molecule has 3 heterocycles. The molecule has 0 spiro atoms. The van der Waals surface area contributed by atoms with Crippen LogP contribution in [0.25, 0.3) is 11.1 Å². The quantitative estimate of drug-likeness (QED) is 0.226. The predicted molar refractivity (Wildman–Crippen MR) is 187 cm³/mol. The van der Waals surface area contributed by atoms with Crippen molar-refractivity contribution in [1.29, 1.82) is 0 Å². The summed E-state index contributed by atoms with van der Waals surface area (Å²) in [6.45, 7) is 9.75. The van der Waals surface area contributed by atoms with Crippen molar-refractivity contribution in [3.63, 3.8) is 0 Å². The highest BCUT2D eigenvalue weighted by Gasteiger charge is 2.44. The second-order valence-corrected chi connectivity index (χ2v) is 15.3. The number of benzene rings is 2. The lowest BCUT2D eigenvalue weighted by Gasteiger charge is -2.41. The number of methoxy groups -OCH3 is 1. The molecule has 3 aliphatic rings. The number of piperidine rings is 1. The summed E-state index contributed by atoms with van der Waals surface area (Å²) >= 11 is 1.55. The molecule has 0 bridgehead atoms. The van der Waals surface area contributed by atoms with Gasteiger partial charge in [-0.25, -0.2) is 4.79 Å². The van der Waals surface area contributed by atoms with Crippen LogP contribution in [0.4, 0.5) is 10.5 Å². The van der Waals surface area contributed by atoms with Crippen LogP contribution in [0.1, 0.15) is 74.3 Å². The Balaban J connectivity index is 1.28. The number of aliphatic hydroxyl groups excluding tert-OH is 1. The number of aliphatic hydroxyl groups is 1. The Morgan fingerprint density at radius 2 is 1.83 bits per heavy atom. The SMILES string of the molecule is COCCCN1CC(CN(C(=O)[C@H]2CN(C(=O)OC(C)(C)C)CC[C@@H]2c2cccc(-c3csc(CO)c3)c2)C2CC2)c2ccccc21. The first-order chi connectivity index (χ1) is 22.6. The highest BCUT2D eigenvalue weighted by Crippen LogP contribution is 2.42.